The van der Waals surface area contributed by atoms with E-state index in [-0.39, 0.29) is 6.03 Å². The molecule has 0 spiro atoms. The van der Waals surface area contributed by atoms with Crippen LogP contribution in [0.1, 0.15) is 11.1 Å². The Balaban J connectivity index is 1.79. The summed E-state index contributed by atoms with van der Waals surface area (Å²) < 4.78 is 5.14. The molecule has 4 heteroatoms. The van der Waals surface area contributed by atoms with E-state index in [0.29, 0.717) is 6.54 Å². The van der Waals surface area contributed by atoms with Gasteiger partial charge in [0, 0.05) is 12.7 Å². The maximum absolute atomic E-state index is 11.6. The predicted octanol–water partition coefficient (Wildman–Crippen LogP) is 3.17. The van der Waals surface area contributed by atoms with Crippen LogP contribution in [-0.4, -0.2) is 13.1 Å². The smallest absolute Gasteiger partial charge is 0.319 e. The van der Waals surface area contributed by atoms with Crippen LogP contribution in [0.25, 0.3) is 6.08 Å². The number of hydrogen-bond donors (Lipinski definition) is 2. The molecule has 4 nitrogen and oxygen atoms in total. The lowest BCUT2D eigenvalue weighted by Gasteiger charge is -2.04. The number of carbonyl (C=O) groups is 1. The van der Waals surface area contributed by atoms with Gasteiger partial charge in [-0.2, -0.15) is 0 Å². The molecule has 0 atom stereocenters. The number of hydrogen-bond acceptors (Lipinski definition) is 2. The van der Waals surface area contributed by atoms with Gasteiger partial charge in [-0.25, -0.2) is 4.79 Å². The van der Waals surface area contributed by atoms with Crippen molar-refractivity contribution < 1.29 is 9.53 Å². The number of benzene rings is 2. The van der Waals surface area contributed by atoms with Gasteiger partial charge < -0.3 is 15.4 Å². The van der Waals surface area contributed by atoms with Gasteiger partial charge in [0.25, 0.3) is 0 Å². The summed E-state index contributed by atoms with van der Waals surface area (Å²) in [6.45, 7) is 0.500. The molecular weight excluding hydrogens is 264 g/mol. The second-order valence-electron chi connectivity index (χ2n) is 4.42. The third kappa shape index (κ3) is 5.03. The van der Waals surface area contributed by atoms with E-state index in [4.69, 9.17) is 4.74 Å². The first kappa shape index (κ1) is 14.7. The molecule has 2 aromatic carbocycles. The van der Waals surface area contributed by atoms with Crippen LogP contribution >= 0.6 is 0 Å². The Morgan fingerprint density at radius 1 is 1.14 bits per heavy atom. The number of nitrogens with one attached hydrogen (secondary N) is 2. The van der Waals surface area contributed by atoms with Crippen molar-refractivity contribution in [3.8, 4) is 5.75 Å². The first-order chi connectivity index (χ1) is 10.3. The minimum Gasteiger partial charge on any atom is -0.497 e. The van der Waals surface area contributed by atoms with Crippen molar-refractivity contribution in [3.63, 3.8) is 0 Å². The number of rotatable bonds is 5. The lowest BCUT2D eigenvalue weighted by Crippen LogP contribution is -2.31. The summed E-state index contributed by atoms with van der Waals surface area (Å²) in [5, 5.41) is 5.45. The summed E-state index contributed by atoms with van der Waals surface area (Å²) in [6, 6.07) is 17.1. The lowest BCUT2D eigenvalue weighted by atomic mass is 10.2. The van der Waals surface area contributed by atoms with Gasteiger partial charge in [-0.15, -0.1) is 0 Å². The summed E-state index contributed by atoms with van der Waals surface area (Å²) in [6.07, 6.45) is 3.42. The maximum Gasteiger partial charge on any atom is 0.319 e. The molecule has 0 saturated carbocycles. The molecule has 0 heterocycles. The summed E-state index contributed by atoms with van der Waals surface area (Å²) in [7, 11) is 1.62. The lowest BCUT2D eigenvalue weighted by molar-refractivity contribution is 0.244. The predicted molar refractivity (Wildman–Crippen MR) is 83.8 cm³/mol. The average Bonchev–Trinajstić information content (AvgIpc) is 2.54. The van der Waals surface area contributed by atoms with E-state index in [1.807, 2.05) is 60.7 Å². The summed E-state index contributed by atoms with van der Waals surface area (Å²) in [4.78, 5) is 11.6. The highest BCUT2D eigenvalue weighted by molar-refractivity contribution is 5.75. The largest absolute Gasteiger partial charge is 0.497 e. The van der Waals surface area contributed by atoms with Crippen molar-refractivity contribution in [1.29, 1.82) is 0 Å². The fraction of sp³-hybridized carbons (Fsp3) is 0.118. The summed E-state index contributed by atoms with van der Waals surface area (Å²) in [5.41, 5.74) is 2.02. The average molecular weight is 282 g/mol. The fourth-order valence-corrected chi connectivity index (χ4v) is 1.79. The topological polar surface area (TPSA) is 50.4 Å². The van der Waals surface area contributed by atoms with E-state index in [9.17, 15) is 4.79 Å². The van der Waals surface area contributed by atoms with Gasteiger partial charge in [-0.3, -0.25) is 0 Å². The number of amides is 2. The van der Waals surface area contributed by atoms with Crippen molar-refractivity contribution in [2.24, 2.45) is 0 Å². The van der Waals surface area contributed by atoms with E-state index in [1.165, 1.54) is 0 Å². The molecule has 0 aromatic heterocycles. The Morgan fingerprint density at radius 2 is 1.95 bits per heavy atom. The number of ether oxygens (including phenoxy) is 1. The fourth-order valence-electron chi connectivity index (χ4n) is 1.79. The Morgan fingerprint density at radius 3 is 2.71 bits per heavy atom. The number of urea groups is 1. The molecule has 0 aliphatic heterocycles. The molecule has 0 fully saturated rings. The van der Waals surface area contributed by atoms with Gasteiger partial charge in [0.15, 0.2) is 0 Å². The van der Waals surface area contributed by atoms with Crippen LogP contribution in [0.15, 0.2) is 60.8 Å². The normalized spacial score (nSPS) is 10.3. The van der Waals surface area contributed by atoms with Crippen molar-refractivity contribution in [2.75, 3.05) is 7.11 Å². The molecule has 0 bridgehead atoms. The van der Waals surface area contributed by atoms with Gasteiger partial charge in [0.2, 0.25) is 0 Å². The Hall–Kier alpha value is -2.75. The van der Waals surface area contributed by atoms with Gasteiger partial charge in [-0.05, 0) is 29.3 Å². The van der Waals surface area contributed by atoms with Gasteiger partial charge in [-0.1, -0.05) is 42.5 Å². The highest BCUT2D eigenvalue weighted by atomic mass is 16.5. The zero-order valence-corrected chi connectivity index (χ0v) is 11.9. The molecule has 108 valence electrons. The first-order valence-electron chi connectivity index (χ1n) is 6.67. The monoisotopic (exact) mass is 282 g/mol. The molecule has 2 aromatic rings. The Bertz CT molecular complexity index is 609. The first-order valence-corrected chi connectivity index (χ1v) is 6.67. The van der Waals surface area contributed by atoms with Crippen molar-refractivity contribution in [1.82, 2.24) is 10.6 Å². The molecule has 0 radical (unpaired) electrons. The van der Waals surface area contributed by atoms with Crippen LogP contribution in [0.5, 0.6) is 5.75 Å². The Kier molecular flexibility index (Phi) is 5.41. The highest BCUT2D eigenvalue weighted by Crippen LogP contribution is 2.13. The second-order valence-corrected chi connectivity index (χ2v) is 4.42. The second kappa shape index (κ2) is 7.75. The van der Waals surface area contributed by atoms with Crippen LogP contribution in [0.4, 0.5) is 4.79 Å². The molecule has 2 rings (SSSR count). The third-order valence-electron chi connectivity index (χ3n) is 2.88. The molecular formula is C17H18N2O2. The van der Waals surface area contributed by atoms with Crippen LogP contribution in [0.3, 0.4) is 0 Å². The molecule has 0 aliphatic rings. The number of carbonyl (C=O) groups excluding carboxylic acids is 1. The Labute approximate surface area is 124 Å². The zero-order chi connectivity index (χ0) is 14.9. The van der Waals surface area contributed by atoms with Crippen LogP contribution in [-0.2, 0) is 6.54 Å². The molecule has 21 heavy (non-hydrogen) atoms. The quantitative estimate of drug-likeness (QED) is 0.885. The third-order valence-corrected chi connectivity index (χ3v) is 2.88. The van der Waals surface area contributed by atoms with Crippen molar-refractivity contribution >= 4 is 12.1 Å². The van der Waals surface area contributed by atoms with Gasteiger partial charge in [0.05, 0.1) is 7.11 Å². The highest BCUT2D eigenvalue weighted by Gasteiger charge is 1.97. The van der Waals surface area contributed by atoms with Gasteiger partial charge >= 0.3 is 6.03 Å². The zero-order valence-electron chi connectivity index (χ0n) is 11.9. The molecule has 0 unspecified atom stereocenters. The molecule has 0 aliphatic carbocycles. The van der Waals surface area contributed by atoms with E-state index >= 15 is 0 Å². The minimum atomic E-state index is -0.238. The van der Waals surface area contributed by atoms with Crippen LogP contribution in [0, 0.1) is 0 Å². The molecule has 2 amide bonds. The minimum absolute atomic E-state index is 0.238. The molecule has 0 saturated heterocycles. The van der Waals surface area contributed by atoms with E-state index < -0.39 is 0 Å². The van der Waals surface area contributed by atoms with Gasteiger partial charge in [0.1, 0.15) is 5.75 Å². The number of methoxy groups -OCH3 is 1. The molecule has 2 N–H and O–H groups in total. The van der Waals surface area contributed by atoms with E-state index in [0.717, 1.165) is 16.9 Å². The van der Waals surface area contributed by atoms with Crippen LogP contribution < -0.4 is 15.4 Å². The maximum atomic E-state index is 11.6. The SMILES string of the molecule is COc1cccc(/C=C/NC(=O)NCc2ccccc2)c1. The summed E-state index contributed by atoms with van der Waals surface area (Å²) in [5.74, 6) is 0.783. The summed E-state index contributed by atoms with van der Waals surface area (Å²) >= 11 is 0. The van der Waals surface area contributed by atoms with Crippen molar-refractivity contribution in [3.05, 3.63) is 71.9 Å². The standard InChI is InChI=1S/C17H18N2O2/c1-21-16-9-5-8-14(12-16)10-11-18-17(20)19-13-15-6-3-2-4-7-15/h2-12H,13H2,1H3,(H2,18,19,20)/b11-10+. The van der Waals surface area contributed by atoms with Crippen molar-refractivity contribution in [2.45, 2.75) is 6.54 Å². The van der Waals surface area contributed by atoms with E-state index in [2.05, 4.69) is 10.6 Å². The van der Waals surface area contributed by atoms with E-state index in [1.54, 1.807) is 13.3 Å². The van der Waals surface area contributed by atoms with Crippen LogP contribution in [0.2, 0.25) is 0 Å².